The van der Waals surface area contributed by atoms with Crippen molar-refractivity contribution >= 4 is 17.6 Å². The maximum atomic E-state index is 12.7. The second kappa shape index (κ2) is 7.62. The molecule has 2 heterocycles. The molecular weight excluding hydrogens is 326 g/mol. The molecule has 0 radical (unpaired) electrons. The van der Waals surface area contributed by atoms with E-state index in [9.17, 15) is 4.79 Å². The van der Waals surface area contributed by atoms with Gasteiger partial charge in [-0.1, -0.05) is 11.6 Å². The second-order valence-corrected chi connectivity index (χ2v) is 7.34. The average Bonchev–Trinajstić information content (AvgIpc) is 2.77. The lowest BCUT2D eigenvalue weighted by Gasteiger charge is -2.34. The monoisotopic (exact) mass is 351 g/mol. The Morgan fingerprint density at radius 2 is 2.08 bits per heavy atom. The summed E-state index contributed by atoms with van der Waals surface area (Å²) in [6.45, 7) is 5.94. The minimum Gasteiger partial charge on any atom is -0.491 e. The number of piperidine rings is 1. The van der Waals surface area contributed by atoms with E-state index in [2.05, 4.69) is 24.2 Å². The Kier molecular flexibility index (Phi) is 5.51. The van der Waals surface area contributed by atoms with Crippen LogP contribution in [0.25, 0.3) is 0 Å². The number of hydrogen-bond acceptors (Lipinski definition) is 3. The molecule has 1 fully saturated rings. The number of ether oxygens (including phenoxy) is 1. The summed E-state index contributed by atoms with van der Waals surface area (Å²) in [6, 6.07) is 5.74. The first-order chi connectivity index (χ1) is 11.5. The van der Waals surface area contributed by atoms with E-state index in [0.29, 0.717) is 30.6 Å². The predicted octanol–water partition coefficient (Wildman–Crippen LogP) is 2.97. The normalized spacial score (nSPS) is 20.7. The van der Waals surface area contributed by atoms with Gasteiger partial charge in [0, 0.05) is 16.6 Å². The highest BCUT2D eigenvalue weighted by Crippen LogP contribution is 2.26. The van der Waals surface area contributed by atoms with Gasteiger partial charge in [-0.3, -0.25) is 0 Å². The number of carbonyl (C=O) groups excluding carboxylic acids is 1. The number of amides is 2. The van der Waals surface area contributed by atoms with Crippen molar-refractivity contribution in [3.63, 3.8) is 0 Å². The summed E-state index contributed by atoms with van der Waals surface area (Å²) < 4.78 is 5.73. The molecule has 2 amide bonds. The van der Waals surface area contributed by atoms with Gasteiger partial charge in [0.1, 0.15) is 12.4 Å². The van der Waals surface area contributed by atoms with Crippen LogP contribution in [0.15, 0.2) is 18.2 Å². The highest BCUT2D eigenvalue weighted by molar-refractivity contribution is 6.30. The van der Waals surface area contributed by atoms with Gasteiger partial charge in [0.2, 0.25) is 0 Å². The largest absolute Gasteiger partial charge is 0.491 e. The van der Waals surface area contributed by atoms with Crippen molar-refractivity contribution in [2.75, 3.05) is 33.3 Å². The van der Waals surface area contributed by atoms with Gasteiger partial charge in [-0.15, -0.1) is 0 Å². The van der Waals surface area contributed by atoms with Crippen molar-refractivity contribution < 1.29 is 9.53 Å². The van der Waals surface area contributed by atoms with Crippen LogP contribution in [-0.2, 0) is 6.54 Å². The number of nitrogens with zero attached hydrogens (tertiary/aromatic N) is 2. The molecule has 0 aliphatic carbocycles. The Labute approximate surface area is 148 Å². The lowest BCUT2D eigenvalue weighted by atomic mass is 9.90. The number of halogens is 1. The number of likely N-dealkylation sites (tertiary alicyclic amines) is 1. The molecule has 132 valence electrons. The Bertz CT molecular complexity index is 588. The number of nitrogens with one attached hydrogen (secondary N) is 1. The molecule has 1 N–H and O–H groups in total. The van der Waals surface area contributed by atoms with E-state index in [1.54, 1.807) is 0 Å². The van der Waals surface area contributed by atoms with Crippen LogP contribution in [0.5, 0.6) is 5.75 Å². The van der Waals surface area contributed by atoms with E-state index in [-0.39, 0.29) is 12.1 Å². The van der Waals surface area contributed by atoms with E-state index >= 15 is 0 Å². The number of fused-ring (bicyclic) bond motifs is 1. The summed E-state index contributed by atoms with van der Waals surface area (Å²) in [7, 11) is 2.15. The number of carbonyl (C=O) groups is 1. The highest BCUT2D eigenvalue weighted by atomic mass is 35.5. The van der Waals surface area contributed by atoms with Crippen LogP contribution in [0, 0.1) is 5.92 Å². The van der Waals surface area contributed by atoms with Crippen LogP contribution >= 0.6 is 11.6 Å². The molecule has 0 saturated carbocycles. The van der Waals surface area contributed by atoms with Crippen molar-refractivity contribution in [3.8, 4) is 5.75 Å². The van der Waals surface area contributed by atoms with Crippen molar-refractivity contribution in [2.45, 2.75) is 32.4 Å². The molecule has 1 saturated heterocycles. The first-order valence-corrected chi connectivity index (χ1v) is 9.06. The number of hydrogen-bond donors (Lipinski definition) is 1. The molecule has 1 atom stereocenters. The van der Waals surface area contributed by atoms with Gasteiger partial charge in [-0.25, -0.2) is 4.79 Å². The maximum absolute atomic E-state index is 12.7. The quantitative estimate of drug-likeness (QED) is 0.891. The topological polar surface area (TPSA) is 44.8 Å². The molecule has 2 aliphatic heterocycles. The number of urea groups is 1. The van der Waals surface area contributed by atoms with E-state index in [1.807, 2.05) is 23.1 Å². The molecule has 0 bridgehead atoms. The van der Waals surface area contributed by atoms with E-state index in [0.717, 1.165) is 37.2 Å². The molecule has 1 aromatic rings. The summed E-state index contributed by atoms with van der Waals surface area (Å²) in [6.07, 6.45) is 2.28. The Balaban J connectivity index is 1.60. The van der Waals surface area contributed by atoms with Crippen LogP contribution in [0.1, 0.15) is 25.3 Å². The zero-order chi connectivity index (χ0) is 17.1. The van der Waals surface area contributed by atoms with Gasteiger partial charge < -0.3 is 19.9 Å². The van der Waals surface area contributed by atoms with Crippen LogP contribution in [-0.4, -0.2) is 55.2 Å². The molecule has 2 aliphatic rings. The fourth-order valence-corrected chi connectivity index (χ4v) is 3.66. The smallest absolute Gasteiger partial charge is 0.318 e. The van der Waals surface area contributed by atoms with Crippen LogP contribution < -0.4 is 10.1 Å². The van der Waals surface area contributed by atoms with Gasteiger partial charge in [0.15, 0.2) is 0 Å². The van der Waals surface area contributed by atoms with E-state index < -0.39 is 0 Å². The van der Waals surface area contributed by atoms with Gasteiger partial charge in [0.25, 0.3) is 0 Å². The average molecular weight is 352 g/mol. The minimum absolute atomic E-state index is 0.0159. The van der Waals surface area contributed by atoms with E-state index in [1.165, 1.54) is 0 Å². The standard InChI is InChI=1S/C18H26ClN3O2/c1-13(14-5-7-21(2)8-6-14)20-18(23)22-9-10-24-17-4-3-16(19)11-15(17)12-22/h3-4,11,13-14H,5-10,12H2,1-2H3,(H,20,23)/t13-/m1/s1. The minimum atomic E-state index is -0.0159. The molecule has 5 nitrogen and oxygen atoms in total. The van der Waals surface area contributed by atoms with Gasteiger partial charge in [-0.2, -0.15) is 0 Å². The summed E-state index contributed by atoms with van der Waals surface area (Å²) in [5.41, 5.74) is 0.960. The highest BCUT2D eigenvalue weighted by Gasteiger charge is 2.26. The molecule has 0 spiro atoms. The third kappa shape index (κ3) is 4.14. The Hall–Kier alpha value is -1.46. The summed E-state index contributed by atoms with van der Waals surface area (Å²) in [4.78, 5) is 16.8. The number of benzene rings is 1. The number of rotatable bonds is 2. The fraction of sp³-hybridized carbons (Fsp3) is 0.611. The van der Waals surface area contributed by atoms with Crippen molar-refractivity contribution in [2.24, 2.45) is 5.92 Å². The summed E-state index contributed by atoms with van der Waals surface area (Å²) in [5, 5.41) is 3.85. The van der Waals surface area contributed by atoms with Crippen LogP contribution in [0.2, 0.25) is 5.02 Å². The Morgan fingerprint density at radius 3 is 2.83 bits per heavy atom. The molecule has 3 rings (SSSR count). The van der Waals surface area contributed by atoms with Crippen LogP contribution in [0.4, 0.5) is 4.79 Å². The van der Waals surface area contributed by atoms with Gasteiger partial charge in [-0.05, 0) is 64.0 Å². The molecule has 1 aromatic carbocycles. The zero-order valence-corrected chi connectivity index (χ0v) is 15.2. The summed E-state index contributed by atoms with van der Waals surface area (Å²) in [5.74, 6) is 1.37. The molecular formula is C18H26ClN3O2. The predicted molar refractivity (Wildman–Crippen MR) is 95.6 cm³/mol. The lowest BCUT2D eigenvalue weighted by molar-refractivity contribution is 0.164. The van der Waals surface area contributed by atoms with Crippen molar-refractivity contribution in [3.05, 3.63) is 28.8 Å². The third-order valence-corrected chi connectivity index (χ3v) is 5.35. The first-order valence-electron chi connectivity index (χ1n) is 8.68. The van der Waals surface area contributed by atoms with E-state index in [4.69, 9.17) is 16.3 Å². The zero-order valence-electron chi connectivity index (χ0n) is 14.4. The van der Waals surface area contributed by atoms with Crippen molar-refractivity contribution in [1.82, 2.24) is 15.1 Å². The molecule has 0 aromatic heterocycles. The molecule has 0 unspecified atom stereocenters. The first kappa shape index (κ1) is 17.4. The SMILES string of the molecule is C[C@@H](NC(=O)N1CCOc2ccc(Cl)cc2C1)C1CCN(C)CC1. The summed E-state index contributed by atoms with van der Waals surface area (Å²) >= 11 is 6.08. The van der Waals surface area contributed by atoms with Crippen LogP contribution in [0.3, 0.4) is 0 Å². The van der Waals surface area contributed by atoms with Crippen molar-refractivity contribution in [1.29, 1.82) is 0 Å². The van der Waals surface area contributed by atoms with Gasteiger partial charge >= 0.3 is 6.03 Å². The molecule has 6 heteroatoms. The molecule has 24 heavy (non-hydrogen) atoms. The fourth-order valence-electron chi connectivity index (χ4n) is 3.47. The maximum Gasteiger partial charge on any atom is 0.318 e. The van der Waals surface area contributed by atoms with Gasteiger partial charge in [0.05, 0.1) is 13.1 Å². The lowest BCUT2D eigenvalue weighted by Crippen LogP contribution is -2.48. The Morgan fingerprint density at radius 1 is 1.33 bits per heavy atom. The third-order valence-electron chi connectivity index (χ3n) is 5.11. The second-order valence-electron chi connectivity index (χ2n) is 6.90.